The highest BCUT2D eigenvalue weighted by molar-refractivity contribution is 7.13. The molecular weight excluding hydrogens is 412 g/mol. The van der Waals surface area contributed by atoms with Crippen molar-refractivity contribution in [2.24, 2.45) is 0 Å². The molecule has 8 nitrogen and oxygen atoms in total. The first-order chi connectivity index (χ1) is 15.1. The number of anilines is 2. The Kier molecular flexibility index (Phi) is 5.45. The number of fused-ring (bicyclic) bond motifs is 1. The summed E-state index contributed by atoms with van der Waals surface area (Å²) in [7, 11) is 0. The van der Waals surface area contributed by atoms with Crippen molar-refractivity contribution in [1.82, 2.24) is 25.1 Å². The molecule has 4 heterocycles. The van der Waals surface area contributed by atoms with E-state index in [0.29, 0.717) is 25.4 Å². The largest absolute Gasteiger partial charge is 0.368 e. The van der Waals surface area contributed by atoms with E-state index in [0.717, 1.165) is 64.8 Å². The second kappa shape index (κ2) is 8.39. The minimum atomic E-state index is -0.272. The van der Waals surface area contributed by atoms with E-state index < -0.39 is 0 Å². The number of ether oxygens (including phenoxy) is 1. The second-order valence-corrected chi connectivity index (χ2v) is 9.05. The predicted molar refractivity (Wildman–Crippen MR) is 119 cm³/mol. The molecule has 5 rings (SSSR count). The smallest absolute Gasteiger partial charge is 0.274 e. The Hall–Kier alpha value is -2.78. The van der Waals surface area contributed by atoms with Gasteiger partial charge in [-0.1, -0.05) is 0 Å². The number of pyridine rings is 1. The molecular formula is C22H26N6O2S. The number of aryl methyl sites for hydroxylation is 3. The number of amides is 1. The van der Waals surface area contributed by atoms with Gasteiger partial charge in [-0.15, -0.1) is 11.3 Å². The molecule has 2 aliphatic rings. The summed E-state index contributed by atoms with van der Waals surface area (Å²) in [6.45, 7) is 5.44. The van der Waals surface area contributed by atoms with E-state index in [4.69, 9.17) is 4.74 Å². The second-order valence-electron chi connectivity index (χ2n) is 8.19. The van der Waals surface area contributed by atoms with Crippen LogP contribution in [0.5, 0.6) is 0 Å². The highest BCUT2D eigenvalue weighted by Crippen LogP contribution is 2.28. The van der Waals surface area contributed by atoms with Gasteiger partial charge in [0.2, 0.25) is 0 Å². The fourth-order valence-corrected chi connectivity index (χ4v) is 4.99. The Morgan fingerprint density at radius 3 is 2.94 bits per heavy atom. The fourth-order valence-electron chi connectivity index (χ4n) is 4.29. The average molecular weight is 439 g/mol. The SMILES string of the molecule is Cc1cc(Nc2nc(C)cs2)cc(C2CN(C(=O)c3n[nH]c4c3CCCC4)CCO2)n1. The van der Waals surface area contributed by atoms with Crippen molar-refractivity contribution in [3.63, 3.8) is 0 Å². The third kappa shape index (κ3) is 4.20. The molecule has 9 heteroatoms. The summed E-state index contributed by atoms with van der Waals surface area (Å²) in [4.78, 5) is 24.2. The molecule has 2 N–H and O–H groups in total. The maximum Gasteiger partial charge on any atom is 0.274 e. The molecule has 162 valence electrons. The number of carbonyl (C=O) groups is 1. The van der Waals surface area contributed by atoms with E-state index in [1.54, 1.807) is 11.3 Å². The highest BCUT2D eigenvalue weighted by Gasteiger charge is 2.31. The van der Waals surface area contributed by atoms with Crippen LogP contribution in [0.2, 0.25) is 0 Å². The molecule has 31 heavy (non-hydrogen) atoms. The van der Waals surface area contributed by atoms with Gasteiger partial charge in [0.05, 0.1) is 24.5 Å². The zero-order valence-corrected chi connectivity index (χ0v) is 18.6. The molecule has 0 saturated carbocycles. The summed E-state index contributed by atoms with van der Waals surface area (Å²) in [6, 6.07) is 3.97. The highest BCUT2D eigenvalue weighted by atomic mass is 32.1. The maximum absolute atomic E-state index is 13.2. The van der Waals surface area contributed by atoms with Gasteiger partial charge in [0.25, 0.3) is 5.91 Å². The van der Waals surface area contributed by atoms with Gasteiger partial charge in [0, 0.05) is 34.6 Å². The van der Waals surface area contributed by atoms with E-state index in [1.165, 1.54) is 0 Å². The summed E-state index contributed by atoms with van der Waals surface area (Å²) < 4.78 is 6.01. The van der Waals surface area contributed by atoms with Gasteiger partial charge < -0.3 is 15.0 Å². The summed E-state index contributed by atoms with van der Waals surface area (Å²) in [6.07, 6.45) is 3.89. The van der Waals surface area contributed by atoms with Crippen LogP contribution in [0, 0.1) is 13.8 Å². The zero-order chi connectivity index (χ0) is 21.4. The molecule has 0 spiro atoms. The Bertz CT molecular complexity index is 1110. The minimum absolute atomic E-state index is 0.0167. The number of aromatic amines is 1. The number of carbonyl (C=O) groups excluding carboxylic acids is 1. The molecule has 1 unspecified atom stereocenters. The average Bonchev–Trinajstić information content (AvgIpc) is 3.39. The summed E-state index contributed by atoms with van der Waals surface area (Å²) in [5.74, 6) is -0.0167. The van der Waals surface area contributed by atoms with Crippen LogP contribution in [0.4, 0.5) is 10.8 Å². The molecule has 0 radical (unpaired) electrons. The number of H-pyrrole nitrogens is 1. The van der Waals surface area contributed by atoms with Crippen LogP contribution < -0.4 is 5.32 Å². The molecule has 3 aromatic rings. The number of rotatable bonds is 4. The Morgan fingerprint density at radius 2 is 2.10 bits per heavy atom. The number of morpholine rings is 1. The molecule has 1 saturated heterocycles. The van der Waals surface area contributed by atoms with Crippen LogP contribution in [0.3, 0.4) is 0 Å². The Balaban J connectivity index is 1.34. The first-order valence-electron chi connectivity index (χ1n) is 10.7. The first kappa shape index (κ1) is 20.1. The molecule has 1 amide bonds. The van der Waals surface area contributed by atoms with Crippen LogP contribution in [0.1, 0.15) is 57.8 Å². The number of aromatic nitrogens is 4. The van der Waals surface area contributed by atoms with Crippen LogP contribution in [-0.2, 0) is 17.6 Å². The van der Waals surface area contributed by atoms with Crippen molar-refractivity contribution in [2.45, 2.75) is 45.6 Å². The third-order valence-electron chi connectivity index (χ3n) is 5.79. The minimum Gasteiger partial charge on any atom is -0.368 e. The lowest BCUT2D eigenvalue weighted by Gasteiger charge is -2.32. The number of hydrogen-bond acceptors (Lipinski definition) is 7. The van der Waals surface area contributed by atoms with Gasteiger partial charge in [0.15, 0.2) is 10.8 Å². The van der Waals surface area contributed by atoms with Gasteiger partial charge in [-0.3, -0.25) is 14.9 Å². The van der Waals surface area contributed by atoms with E-state index in [2.05, 4.69) is 25.5 Å². The molecule has 1 aliphatic heterocycles. The topological polar surface area (TPSA) is 96.0 Å². The summed E-state index contributed by atoms with van der Waals surface area (Å²) in [5, 5.41) is 13.6. The summed E-state index contributed by atoms with van der Waals surface area (Å²) >= 11 is 1.57. The lowest BCUT2D eigenvalue weighted by Crippen LogP contribution is -2.43. The number of thiazole rings is 1. The summed E-state index contributed by atoms with van der Waals surface area (Å²) in [5.41, 5.74) is 6.41. The van der Waals surface area contributed by atoms with Gasteiger partial charge in [0.1, 0.15) is 6.10 Å². The van der Waals surface area contributed by atoms with E-state index in [1.807, 2.05) is 36.3 Å². The molecule has 1 atom stereocenters. The van der Waals surface area contributed by atoms with Gasteiger partial charge in [-0.05, 0) is 51.7 Å². The number of hydrogen-bond donors (Lipinski definition) is 2. The van der Waals surface area contributed by atoms with Crippen molar-refractivity contribution in [3.8, 4) is 0 Å². The standard InChI is InChI=1S/C22H26N6O2S/c1-13-9-15(25-22-24-14(2)12-31-22)10-18(23-13)19-11-28(7-8-30-19)21(29)20-16-5-3-4-6-17(16)26-27-20/h9-10,12,19H,3-8,11H2,1-2H3,(H,26,27)(H,23,24,25). The van der Waals surface area contributed by atoms with Crippen molar-refractivity contribution in [2.75, 3.05) is 25.0 Å². The maximum atomic E-state index is 13.2. The van der Waals surface area contributed by atoms with Gasteiger partial charge in [-0.2, -0.15) is 5.10 Å². The van der Waals surface area contributed by atoms with Gasteiger partial charge in [-0.25, -0.2) is 4.98 Å². The Morgan fingerprint density at radius 1 is 1.23 bits per heavy atom. The Labute approximate surface area is 185 Å². The van der Waals surface area contributed by atoms with E-state index in [9.17, 15) is 4.79 Å². The lowest BCUT2D eigenvalue weighted by molar-refractivity contribution is -0.0249. The van der Waals surface area contributed by atoms with Crippen molar-refractivity contribution in [3.05, 3.63) is 51.5 Å². The molecule has 0 bridgehead atoms. The van der Waals surface area contributed by atoms with Crippen LogP contribution in [-0.4, -0.2) is 50.7 Å². The molecule has 1 aliphatic carbocycles. The molecule has 3 aromatic heterocycles. The molecule has 1 fully saturated rings. The van der Waals surface area contributed by atoms with Crippen molar-refractivity contribution in [1.29, 1.82) is 0 Å². The normalized spacial score (nSPS) is 18.6. The van der Waals surface area contributed by atoms with Crippen LogP contribution in [0.25, 0.3) is 0 Å². The lowest BCUT2D eigenvalue weighted by atomic mass is 9.95. The number of nitrogens with one attached hydrogen (secondary N) is 2. The van der Waals surface area contributed by atoms with Gasteiger partial charge >= 0.3 is 0 Å². The zero-order valence-electron chi connectivity index (χ0n) is 17.8. The van der Waals surface area contributed by atoms with E-state index in [-0.39, 0.29) is 12.0 Å². The first-order valence-corrected chi connectivity index (χ1v) is 11.6. The molecule has 0 aromatic carbocycles. The monoisotopic (exact) mass is 438 g/mol. The quantitative estimate of drug-likeness (QED) is 0.645. The van der Waals surface area contributed by atoms with Crippen molar-refractivity contribution >= 4 is 28.1 Å². The van der Waals surface area contributed by atoms with Crippen LogP contribution >= 0.6 is 11.3 Å². The predicted octanol–water partition coefficient (Wildman–Crippen LogP) is 3.71. The van der Waals surface area contributed by atoms with E-state index >= 15 is 0 Å². The number of nitrogens with zero attached hydrogens (tertiary/aromatic N) is 4. The third-order valence-corrected chi connectivity index (χ3v) is 6.66. The van der Waals surface area contributed by atoms with Crippen LogP contribution in [0.15, 0.2) is 17.5 Å². The fraction of sp³-hybridized carbons (Fsp3) is 0.455. The van der Waals surface area contributed by atoms with Crippen molar-refractivity contribution < 1.29 is 9.53 Å².